The summed E-state index contributed by atoms with van der Waals surface area (Å²) >= 11 is 0. The Kier molecular flexibility index (Phi) is 4.57. The van der Waals surface area contributed by atoms with Gasteiger partial charge in [-0.05, 0) is 6.42 Å². The number of benzene rings is 1. The van der Waals surface area contributed by atoms with E-state index in [0.29, 0.717) is 13.0 Å². The number of hydrogen-bond acceptors (Lipinski definition) is 6. The highest BCUT2D eigenvalue weighted by Gasteiger charge is 2.30. The molecule has 0 saturated heterocycles. The van der Waals surface area contributed by atoms with Gasteiger partial charge in [-0.2, -0.15) is 0 Å². The highest BCUT2D eigenvalue weighted by atomic mass is 16.6. The number of nitro groups is 2. The Morgan fingerprint density at radius 1 is 1.25 bits per heavy atom. The Morgan fingerprint density at radius 2 is 1.70 bits per heavy atom. The Morgan fingerprint density at radius 3 is 2.00 bits per heavy atom. The van der Waals surface area contributed by atoms with Crippen LogP contribution in [0.1, 0.15) is 23.7 Å². The SMILES string of the molecule is CCCN(C)c1c([N+](=O)[O-])cc(C(=O)O)cc1[N+](=O)[O-]. The molecule has 0 bridgehead atoms. The second kappa shape index (κ2) is 5.95. The van der Waals surface area contributed by atoms with E-state index in [9.17, 15) is 25.0 Å². The zero-order valence-corrected chi connectivity index (χ0v) is 10.9. The number of carboxylic acid groups (broad SMARTS) is 1. The van der Waals surface area contributed by atoms with Crippen LogP contribution in [0.2, 0.25) is 0 Å². The van der Waals surface area contributed by atoms with E-state index in [-0.39, 0.29) is 5.69 Å². The van der Waals surface area contributed by atoms with E-state index in [4.69, 9.17) is 5.11 Å². The number of hydrogen-bond donors (Lipinski definition) is 1. The van der Waals surface area contributed by atoms with E-state index in [1.54, 1.807) is 0 Å². The molecule has 0 unspecified atom stereocenters. The van der Waals surface area contributed by atoms with Crippen molar-refractivity contribution in [3.63, 3.8) is 0 Å². The predicted molar refractivity (Wildman–Crippen MR) is 70.3 cm³/mol. The lowest BCUT2D eigenvalue weighted by Gasteiger charge is -2.18. The maximum Gasteiger partial charge on any atom is 0.336 e. The van der Waals surface area contributed by atoms with Crippen molar-refractivity contribution in [2.75, 3.05) is 18.5 Å². The summed E-state index contributed by atoms with van der Waals surface area (Å²) in [6, 6.07) is 1.66. The van der Waals surface area contributed by atoms with Crippen LogP contribution in [0, 0.1) is 20.2 Å². The van der Waals surface area contributed by atoms with Gasteiger partial charge in [0.1, 0.15) is 0 Å². The van der Waals surface area contributed by atoms with Crippen molar-refractivity contribution < 1.29 is 19.7 Å². The fourth-order valence-corrected chi connectivity index (χ4v) is 1.84. The van der Waals surface area contributed by atoms with Gasteiger partial charge in [0.25, 0.3) is 0 Å². The number of carbonyl (C=O) groups is 1. The highest BCUT2D eigenvalue weighted by molar-refractivity contribution is 5.92. The molecule has 0 saturated carbocycles. The van der Waals surface area contributed by atoms with E-state index in [0.717, 1.165) is 12.1 Å². The Hall–Kier alpha value is -2.71. The third-order valence-corrected chi connectivity index (χ3v) is 2.65. The second-order valence-corrected chi connectivity index (χ2v) is 4.10. The molecule has 20 heavy (non-hydrogen) atoms. The van der Waals surface area contributed by atoms with Crippen LogP contribution < -0.4 is 4.90 Å². The molecule has 0 heterocycles. The van der Waals surface area contributed by atoms with Crippen molar-refractivity contribution in [2.24, 2.45) is 0 Å². The molecular weight excluding hydrogens is 270 g/mol. The van der Waals surface area contributed by atoms with Crippen molar-refractivity contribution in [3.05, 3.63) is 37.9 Å². The largest absolute Gasteiger partial charge is 0.478 e. The number of nitro benzene ring substituents is 2. The van der Waals surface area contributed by atoms with E-state index in [2.05, 4.69) is 0 Å². The van der Waals surface area contributed by atoms with Crippen molar-refractivity contribution >= 4 is 23.0 Å². The second-order valence-electron chi connectivity index (χ2n) is 4.10. The maximum atomic E-state index is 11.0. The third-order valence-electron chi connectivity index (χ3n) is 2.65. The summed E-state index contributed by atoms with van der Waals surface area (Å²) in [6.45, 7) is 2.19. The average Bonchev–Trinajstić information content (AvgIpc) is 2.36. The first kappa shape index (κ1) is 15.3. The maximum absolute atomic E-state index is 11.0. The summed E-state index contributed by atoms with van der Waals surface area (Å²) in [5.41, 5.74) is -1.86. The summed E-state index contributed by atoms with van der Waals surface area (Å²) in [5.74, 6) is -1.46. The minimum atomic E-state index is -1.46. The van der Waals surface area contributed by atoms with Gasteiger partial charge in [-0.1, -0.05) is 6.92 Å². The van der Waals surface area contributed by atoms with Gasteiger partial charge in [-0.25, -0.2) is 4.79 Å². The number of aromatic carboxylic acids is 1. The summed E-state index contributed by atoms with van der Waals surface area (Å²) in [5, 5.41) is 31.0. The standard InChI is InChI=1S/C11H13N3O6/c1-3-4-12(2)10-8(13(17)18)5-7(11(15)16)6-9(10)14(19)20/h5-6H,3-4H2,1-2H3,(H,15,16). The highest BCUT2D eigenvalue weighted by Crippen LogP contribution is 2.38. The number of nitrogens with zero attached hydrogens (tertiary/aromatic N) is 3. The minimum absolute atomic E-state index is 0.188. The lowest BCUT2D eigenvalue weighted by Crippen LogP contribution is -2.21. The van der Waals surface area contributed by atoms with Gasteiger partial charge in [-0.3, -0.25) is 20.2 Å². The van der Waals surface area contributed by atoms with Gasteiger partial charge in [0.05, 0.1) is 15.4 Å². The van der Waals surface area contributed by atoms with Crippen molar-refractivity contribution in [2.45, 2.75) is 13.3 Å². The molecule has 0 amide bonds. The first-order valence-corrected chi connectivity index (χ1v) is 5.70. The summed E-state index contributed by atoms with van der Waals surface area (Å²) in [6.07, 6.45) is 0.630. The Bertz CT molecular complexity index is 536. The van der Waals surface area contributed by atoms with E-state index < -0.39 is 32.8 Å². The molecule has 1 N–H and O–H groups in total. The molecule has 0 aliphatic carbocycles. The molecule has 1 aromatic carbocycles. The fraction of sp³-hybridized carbons (Fsp3) is 0.364. The molecule has 9 nitrogen and oxygen atoms in total. The molecule has 0 aromatic heterocycles. The molecular formula is C11H13N3O6. The van der Waals surface area contributed by atoms with Crippen molar-refractivity contribution in [1.82, 2.24) is 0 Å². The molecule has 0 radical (unpaired) electrons. The van der Waals surface area contributed by atoms with Gasteiger partial charge in [0, 0.05) is 25.7 Å². The summed E-state index contributed by atoms with van der Waals surface area (Å²) < 4.78 is 0. The van der Waals surface area contributed by atoms with E-state index in [1.165, 1.54) is 11.9 Å². The molecule has 0 aliphatic rings. The van der Waals surface area contributed by atoms with Gasteiger partial charge >= 0.3 is 17.3 Å². The van der Waals surface area contributed by atoms with Gasteiger partial charge in [0.15, 0.2) is 5.69 Å². The number of anilines is 1. The Labute approximate surface area is 113 Å². The zero-order chi connectivity index (χ0) is 15.4. The lowest BCUT2D eigenvalue weighted by atomic mass is 10.1. The van der Waals surface area contributed by atoms with Crippen LogP contribution in [-0.2, 0) is 0 Å². The van der Waals surface area contributed by atoms with E-state index >= 15 is 0 Å². The average molecular weight is 283 g/mol. The molecule has 108 valence electrons. The Balaban J connectivity index is 3.63. The minimum Gasteiger partial charge on any atom is -0.478 e. The molecule has 1 aromatic rings. The lowest BCUT2D eigenvalue weighted by molar-refractivity contribution is -0.392. The molecule has 0 aliphatic heterocycles. The van der Waals surface area contributed by atoms with Crippen LogP contribution in [0.3, 0.4) is 0 Å². The molecule has 9 heteroatoms. The first-order chi connectivity index (χ1) is 9.29. The number of carboxylic acids is 1. The van der Waals surface area contributed by atoms with Crippen LogP contribution in [-0.4, -0.2) is 34.5 Å². The van der Waals surface area contributed by atoms with Crippen LogP contribution in [0.15, 0.2) is 12.1 Å². The van der Waals surface area contributed by atoms with Crippen molar-refractivity contribution in [1.29, 1.82) is 0 Å². The monoisotopic (exact) mass is 283 g/mol. The summed E-state index contributed by atoms with van der Waals surface area (Å²) in [4.78, 5) is 32.7. The van der Waals surface area contributed by atoms with Crippen LogP contribution in [0.25, 0.3) is 0 Å². The normalized spacial score (nSPS) is 10.1. The molecule has 1 rings (SSSR count). The van der Waals surface area contributed by atoms with Gasteiger partial charge in [0.2, 0.25) is 0 Å². The van der Waals surface area contributed by atoms with Crippen LogP contribution in [0.4, 0.5) is 17.1 Å². The van der Waals surface area contributed by atoms with Crippen LogP contribution in [0.5, 0.6) is 0 Å². The predicted octanol–water partition coefficient (Wildman–Crippen LogP) is 2.05. The first-order valence-electron chi connectivity index (χ1n) is 5.70. The quantitative estimate of drug-likeness (QED) is 0.625. The third kappa shape index (κ3) is 2.99. The molecule has 0 spiro atoms. The smallest absolute Gasteiger partial charge is 0.336 e. The van der Waals surface area contributed by atoms with Crippen molar-refractivity contribution in [3.8, 4) is 0 Å². The zero-order valence-electron chi connectivity index (χ0n) is 10.9. The molecule has 0 atom stereocenters. The summed E-state index contributed by atoms with van der Waals surface area (Å²) in [7, 11) is 1.49. The van der Waals surface area contributed by atoms with E-state index in [1.807, 2.05) is 6.92 Å². The van der Waals surface area contributed by atoms with Gasteiger partial charge < -0.3 is 10.0 Å². The van der Waals surface area contributed by atoms with Crippen LogP contribution >= 0.6 is 0 Å². The van der Waals surface area contributed by atoms with Gasteiger partial charge in [-0.15, -0.1) is 0 Å². The topological polar surface area (TPSA) is 127 Å². The number of rotatable bonds is 6. The molecule has 0 fully saturated rings. The fourth-order valence-electron chi connectivity index (χ4n) is 1.84.